The number of hydrogen-bond acceptors (Lipinski definition) is 2. The predicted octanol–water partition coefficient (Wildman–Crippen LogP) is 3.25. The minimum atomic E-state index is 0.253. The van der Waals surface area contributed by atoms with E-state index in [-0.39, 0.29) is 11.5 Å². The summed E-state index contributed by atoms with van der Waals surface area (Å²) >= 11 is 0. The largest absolute Gasteiger partial charge is 0.508 e. The van der Waals surface area contributed by atoms with Crippen molar-refractivity contribution in [3.05, 3.63) is 66.7 Å². The van der Waals surface area contributed by atoms with Crippen molar-refractivity contribution in [2.24, 2.45) is 0 Å². The molecule has 0 radical (unpaired) electrons. The fourth-order valence-corrected chi connectivity index (χ4v) is 2.09. The molecule has 0 fully saturated rings. The summed E-state index contributed by atoms with van der Waals surface area (Å²) in [5, 5.41) is 18.7. The van der Waals surface area contributed by atoms with Gasteiger partial charge in [-0.2, -0.15) is 0 Å². The molecule has 3 aromatic rings. The Balaban J connectivity index is 2.01. The van der Waals surface area contributed by atoms with Gasteiger partial charge in [0.05, 0.1) is 0 Å². The third kappa shape index (κ3) is 2.47. The maximum absolute atomic E-state index is 9.33. The van der Waals surface area contributed by atoms with E-state index in [0.29, 0.717) is 0 Å². The van der Waals surface area contributed by atoms with Crippen LogP contribution in [0.1, 0.15) is 0 Å². The maximum Gasteiger partial charge on any atom is 0.211 e. The Hall–Kier alpha value is -2.81. The molecule has 0 unspecified atom stereocenters. The van der Waals surface area contributed by atoms with Crippen LogP contribution in [0.3, 0.4) is 0 Å². The van der Waals surface area contributed by atoms with E-state index in [1.165, 1.54) is 0 Å². The minimum Gasteiger partial charge on any atom is -0.508 e. The molecule has 0 aliphatic rings. The van der Waals surface area contributed by atoms with E-state index in [0.717, 1.165) is 22.5 Å². The molecule has 1 aromatic heterocycles. The van der Waals surface area contributed by atoms with Crippen molar-refractivity contribution >= 4 is 0 Å². The first-order chi connectivity index (χ1) is 9.72. The van der Waals surface area contributed by atoms with Crippen LogP contribution in [0.25, 0.3) is 22.5 Å². The molecular formula is C17H14NO2+. The summed E-state index contributed by atoms with van der Waals surface area (Å²) in [6.07, 6.45) is 0. The van der Waals surface area contributed by atoms with Gasteiger partial charge in [-0.1, -0.05) is 0 Å². The van der Waals surface area contributed by atoms with Crippen LogP contribution in [0.4, 0.5) is 0 Å². The van der Waals surface area contributed by atoms with Crippen LogP contribution in [-0.2, 0) is 0 Å². The highest BCUT2D eigenvalue weighted by Gasteiger charge is 2.10. The first-order valence-corrected chi connectivity index (χ1v) is 6.33. The zero-order chi connectivity index (χ0) is 13.9. The predicted molar refractivity (Wildman–Crippen MR) is 77.2 cm³/mol. The molecule has 3 heteroatoms. The number of benzene rings is 2. The molecule has 0 aliphatic heterocycles. The molecule has 2 aromatic carbocycles. The highest BCUT2D eigenvalue weighted by Crippen LogP contribution is 2.22. The van der Waals surface area contributed by atoms with Gasteiger partial charge in [-0.25, -0.2) is 4.98 Å². The normalized spacial score (nSPS) is 10.4. The Bertz CT molecular complexity index is 658. The second-order valence-corrected chi connectivity index (χ2v) is 4.57. The highest BCUT2D eigenvalue weighted by molar-refractivity contribution is 5.61. The average molecular weight is 264 g/mol. The molecule has 0 saturated heterocycles. The number of H-pyrrole nitrogens is 1. The zero-order valence-electron chi connectivity index (χ0n) is 10.7. The van der Waals surface area contributed by atoms with Crippen LogP contribution in [0, 0.1) is 0 Å². The van der Waals surface area contributed by atoms with Gasteiger partial charge in [0.1, 0.15) is 11.5 Å². The first kappa shape index (κ1) is 12.2. The summed E-state index contributed by atoms with van der Waals surface area (Å²) < 4.78 is 0. The van der Waals surface area contributed by atoms with Gasteiger partial charge in [-0.3, -0.25) is 0 Å². The van der Waals surface area contributed by atoms with Crippen LogP contribution in [0.2, 0.25) is 0 Å². The summed E-state index contributed by atoms with van der Waals surface area (Å²) in [6, 6.07) is 20.0. The highest BCUT2D eigenvalue weighted by atomic mass is 16.3. The Labute approximate surface area is 116 Å². The Morgan fingerprint density at radius 3 is 1.35 bits per heavy atom. The smallest absolute Gasteiger partial charge is 0.211 e. The summed E-state index contributed by atoms with van der Waals surface area (Å²) in [4.78, 5) is 3.35. The van der Waals surface area contributed by atoms with Gasteiger partial charge in [0.15, 0.2) is 0 Å². The number of hydrogen-bond donors (Lipinski definition) is 2. The topological polar surface area (TPSA) is 54.6 Å². The van der Waals surface area contributed by atoms with E-state index in [1.807, 2.05) is 42.5 Å². The number of phenolic OH excluding ortho intramolecular Hbond substituents is 2. The van der Waals surface area contributed by atoms with E-state index in [9.17, 15) is 10.2 Å². The molecular weight excluding hydrogens is 250 g/mol. The van der Waals surface area contributed by atoms with Crippen molar-refractivity contribution < 1.29 is 15.2 Å². The van der Waals surface area contributed by atoms with Gasteiger partial charge in [-0.05, 0) is 54.6 Å². The quantitative estimate of drug-likeness (QED) is 0.746. The molecule has 1 heterocycles. The van der Waals surface area contributed by atoms with Crippen LogP contribution in [-0.4, -0.2) is 10.2 Å². The fraction of sp³-hybridized carbons (Fsp3) is 0. The third-order valence-corrected chi connectivity index (χ3v) is 3.15. The van der Waals surface area contributed by atoms with E-state index in [1.54, 1.807) is 24.3 Å². The number of aromatic hydroxyl groups is 2. The maximum atomic E-state index is 9.33. The lowest BCUT2D eigenvalue weighted by Crippen LogP contribution is -2.10. The van der Waals surface area contributed by atoms with Crippen molar-refractivity contribution in [3.8, 4) is 34.0 Å². The van der Waals surface area contributed by atoms with Crippen LogP contribution >= 0.6 is 0 Å². The van der Waals surface area contributed by atoms with Gasteiger partial charge in [0, 0.05) is 23.3 Å². The standard InChI is InChI=1S/C17H13NO2/c19-14-8-4-12(5-9-14)16-2-1-3-17(18-16)13-6-10-15(20)11-7-13/h1-11,19-20H/p+1. The van der Waals surface area contributed by atoms with Gasteiger partial charge in [0.2, 0.25) is 11.4 Å². The van der Waals surface area contributed by atoms with Gasteiger partial charge in [-0.15, -0.1) is 0 Å². The zero-order valence-corrected chi connectivity index (χ0v) is 10.7. The van der Waals surface area contributed by atoms with E-state index in [2.05, 4.69) is 4.98 Å². The van der Waals surface area contributed by atoms with Crippen molar-refractivity contribution in [2.45, 2.75) is 0 Å². The van der Waals surface area contributed by atoms with Crippen molar-refractivity contribution in [1.29, 1.82) is 0 Å². The molecule has 0 saturated carbocycles. The lowest BCUT2D eigenvalue weighted by molar-refractivity contribution is -0.351. The minimum absolute atomic E-state index is 0.253. The Morgan fingerprint density at radius 1 is 0.550 bits per heavy atom. The third-order valence-electron chi connectivity index (χ3n) is 3.15. The fourth-order valence-electron chi connectivity index (χ4n) is 2.09. The molecule has 0 amide bonds. The number of phenols is 2. The number of pyridine rings is 1. The monoisotopic (exact) mass is 264 g/mol. The summed E-state index contributed by atoms with van der Waals surface area (Å²) in [5.74, 6) is 0.506. The molecule has 3 nitrogen and oxygen atoms in total. The number of aromatic amines is 1. The number of rotatable bonds is 2. The number of aromatic nitrogens is 1. The van der Waals surface area contributed by atoms with Crippen LogP contribution in [0.5, 0.6) is 11.5 Å². The second kappa shape index (κ2) is 5.05. The summed E-state index contributed by atoms with van der Waals surface area (Å²) in [7, 11) is 0. The summed E-state index contributed by atoms with van der Waals surface area (Å²) in [5.41, 5.74) is 3.94. The molecule has 0 aliphatic carbocycles. The molecule has 3 N–H and O–H groups in total. The van der Waals surface area contributed by atoms with E-state index < -0.39 is 0 Å². The Kier molecular flexibility index (Phi) is 3.09. The van der Waals surface area contributed by atoms with Gasteiger partial charge in [0.25, 0.3) is 0 Å². The second-order valence-electron chi connectivity index (χ2n) is 4.57. The van der Waals surface area contributed by atoms with Gasteiger partial charge < -0.3 is 10.2 Å². The molecule has 0 atom stereocenters. The van der Waals surface area contributed by atoms with Crippen LogP contribution < -0.4 is 4.98 Å². The lowest BCUT2D eigenvalue weighted by atomic mass is 10.1. The van der Waals surface area contributed by atoms with E-state index >= 15 is 0 Å². The lowest BCUT2D eigenvalue weighted by Gasteiger charge is -2.00. The molecule has 98 valence electrons. The summed E-state index contributed by atoms with van der Waals surface area (Å²) in [6.45, 7) is 0. The van der Waals surface area contributed by atoms with Crippen molar-refractivity contribution in [3.63, 3.8) is 0 Å². The molecule has 0 spiro atoms. The van der Waals surface area contributed by atoms with Crippen LogP contribution in [0.15, 0.2) is 66.7 Å². The molecule has 20 heavy (non-hydrogen) atoms. The average Bonchev–Trinajstić information content (AvgIpc) is 2.49. The SMILES string of the molecule is Oc1ccc(-c2cccc(-c3ccc(O)cc3)[nH+]2)cc1. The van der Waals surface area contributed by atoms with Gasteiger partial charge >= 0.3 is 0 Å². The van der Waals surface area contributed by atoms with Crippen molar-refractivity contribution in [1.82, 2.24) is 0 Å². The van der Waals surface area contributed by atoms with Crippen molar-refractivity contribution in [2.75, 3.05) is 0 Å². The van der Waals surface area contributed by atoms with E-state index in [4.69, 9.17) is 0 Å². The molecule has 0 bridgehead atoms. The number of nitrogens with one attached hydrogen (secondary N) is 1. The Morgan fingerprint density at radius 2 is 0.950 bits per heavy atom. The molecule has 3 rings (SSSR count). The first-order valence-electron chi connectivity index (χ1n) is 6.33.